The van der Waals surface area contributed by atoms with Gasteiger partial charge in [-0.2, -0.15) is 0 Å². The summed E-state index contributed by atoms with van der Waals surface area (Å²) in [5, 5.41) is 0. The molecule has 1 aliphatic rings. The summed E-state index contributed by atoms with van der Waals surface area (Å²) in [5.41, 5.74) is 3.73. The van der Waals surface area contributed by atoms with Crippen LogP contribution in [0.25, 0.3) is 0 Å². The quantitative estimate of drug-likeness (QED) is 0.763. The van der Waals surface area contributed by atoms with E-state index >= 15 is 0 Å². The molecule has 0 saturated carbocycles. The maximum absolute atomic E-state index is 11.9. The van der Waals surface area contributed by atoms with E-state index in [4.69, 9.17) is 4.74 Å². The first kappa shape index (κ1) is 13.9. The normalized spacial score (nSPS) is 17.1. The molecule has 0 spiro atoms. The van der Waals surface area contributed by atoms with Crippen molar-refractivity contribution in [2.24, 2.45) is 0 Å². The third-order valence-electron chi connectivity index (χ3n) is 3.90. The predicted molar refractivity (Wildman–Crippen MR) is 77.7 cm³/mol. The van der Waals surface area contributed by atoms with Gasteiger partial charge < -0.3 is 9.64 Å². The molecule has 0 saturated heterocycles. The summed E-state index contributed by atoms with van der Waals surface area (Å²) in [7, 11) is 0. The first-order chi connectivity index (χ1) is 9.21. The summed E-state index contributed by atoms with van der Waals surface area (Å²) >= 11 is 0. The number of nitrogens with zero attached hydrogens (tertiary/aromatic N) is 1. The Labute approximate surface area is 115 Å². The molecule has 0 amide bonds. The Balaban J connectivity index is 2.22. The van der Waals surface area contributed by atoms with Crippen LogP contribution in [-0.2, 0) is 16.0 Å². The smallest absolute Gasteiger partial charge is 0.313 e. The maximum atomic E-state index is 11.9. The Morgan fingerprint density at radius 3 is 2.68 bits per heavy atom. The van der Waals surface area contributed by atoms with Crippen LogP contribution in [0.2, 0.25) is 0 Å². The van der Waals surface area contributed by atoms with Crippen LogP contribution in [0.5, 0.6) is 0 Å². The summed E-state index contributed by atoms with van der Waals surface area (Å²) in [6.45, 7) is 8.67. The summed E-state index contributed by atoms with van der Waals surface area (Å²) < 4.78 is 5.15. The molecule has 1 unspecified atom stereocenters. The standard InChI is InChI=1S/C16H23NO2/c1-4-17(5-2)13-8-10-14-12(11-13)7-9-15(14)16(18)19-6-3/h8,10-11,15H,4-7,9H2,1-3H3. The minimum absolute atomic E-state index is 0.0549. The number of ether oxygens (including phenoxy) is 1. The van der Waals surface area contributed by atoms with Crippen molar-refractivity contribution in [3.8, 4) is 0 Å². The fourth-order valence-electron chi connectivity index (χ4n) is 2.88. The van der Waals surface area contributed by atoms with Crippen molar-refractivity contribution >= 4 is 11.7 Å². The van der Waals surface area contributed by atoms with Gasteiger partial charge in [0.15, 0.2) is 0 Å². The summed E-state index contributed by atoms with van der Waals surface area (Å²) in [4.78, 5) is 14.2. The number of rotatable bonds is 5. The van der Waals surface area contributed by atoms with Crippen LogP contribution in [0.1, 0.15) is 44.2 Å². The Bertz CT molecular complexity index is 452. The fraction of sp³-hybridized carbons (Fsp3) is 0.562. The van der Waals surface area contributed by atoms with Crippen LogP contribution in [0.4, 0.5) is 5.69 Å². The number of carbonyl (C=O) groups excluding carboxylic acids is 1. The van der Waals surface area contributed by atoms with Crippen LogP contribution in [0.3, 0.4) is 0 Å². The Kier molecular flexibility index (Phi) is 4.46. The molecule has 1 atom stereocenters. The molecule has 0 N–H and O–H groups in total. The molecule has 0 aliphatic heterocycles. The molecule has 0 radical (unpaired) electrons. The average Bonchev–Trinajstić information content (AvgIpc) is 2.83. The highest BCUT2D eigenvalue weighted by Crippen LogP contribution is 2.36. The van der Waals surface area contributed by atoms with Crippen LogP contribution in [0.15, 0.2) is 18.2 Å². The number of aryl methyl sites for hydroxylation is 1. The molecule has 2 rings (SSSR count). The van der Waals surface area contributed by atoms with Crippen molar-refractivity contribution in [3.63, 3.8) is 0 Å². The first-order valence-electron chi connectivity index (χ1n) is 7.25. The molecular weight excluding hydrogens is 238 g/mol. The lowest BCUT2D eigenvalue weighted by Gasteiger charge is -2.22. The van der Waals surface area contributed by atoms with Gasteiger partial charge in [-0.25, -0.2) is 0 Å². The molecule has 1 aromatic rings. The van der Waals surface area contributed by atoms with E-state index in [-0.39, 0.29) is 11.9 Å². The molecular formula is C16H23NO2. The van der Waals surface area contributed by atoms with Gasteiger partial charge in [-0.05, 0) is 56.9 Å². The topological polar surface area (TPSA) is 29.5 Å². The lowest BCUT2D eigenvalue weighted by Crippen LogP contribution is -2.22. The Morgan fingerprint density at radius 1 is 1.32 bits per heavy atom. The van der Waals surface area contributed by atoms with Gasteiger partial charge >= 0.3 is 5.97 Å². The molecule has 3 nitrogen and oxygen atoms in total. The van der Waals surface area contributed by atoms with Crippen molar-refractivity contribution in [3.05, 3.63) is 29.3 Å². The minimum atomic E-state index is -0.0724. The van der Waals surface area contributed by atoms with Gasteiger partial charge in [0, 0.05) is 18.8 Å². The zero-order valence-corrected chi connectivity index (χ0v) is 12.1. The second-order valence-electron chi connectivity index (χ2n) is 4.90. The number of fused-ring (bicyclic) bond motifs is 1. The summed E-state index contributed by atoms with van der Waals surface area (Å²) in [6, 6.07) is 6.47. The molecule has 104 valence electrons. The molecule has 1 aliphatic carbocycles. The van der Waals surface area contributed by atoms with E-state index in [1.54, 1.807) is 0 Å². The first-order valence-corrected chi connectivity index (χ1v) is 7.25. The van der Waals surface area contributed by atoms with Crippen molar-refractivity contribution in [2.75, 3.05) is 24.6 Å². The summed E-state index contributed by atoms with van der Waals surface area (Å²) in [6.07, 6.45) is 1.86. The van der Waals surface area contributed by atoms with Gasteiger partial charge in [0.25, 0.3) is 0 Å². The lowest BCUT2D eigenvalue weighted by atomic mass is 10.0. The fourth-order valence-corrected chi connectivity index (χ4v) is 2.88. The third-order valence-corrected chi connectivity index (χ3v) is 3.90. The van der Waals surface area contributed by atoms with E-state index in [1.807, 2.05) is 6.92 Å². The molecule has 19 heavy (non-hydrogen) atoms. The number of benzene rings is 1. The Morgan fingerprint density at radius 2 is 2.05 bits per heavy atom. The third kappa shape index (κ3) is 2.75. The highest BCUT2D eigenvalue weighted by Gasteiger charge is 2.29. The van der Waals surface area contributed by atoms with E-state index in [0.29, 0.717) is 6.61 Å². The average molecular weight is 261 g/mol. The number of hydrogen-bond donors (Lipinski definition) is 0. The monoisotopic (exact) mass is 261 g/mol. The van der Waals surface area contributed by atoms with Crippen molar-refractivity contribution in [1.82, 2.24) is 0 Å². The van der Waals surface area contributed by atoms with E-state index in [0.717, 1.165) is 31.5 Å². The van der Waals surface area contributed by atoms with Crippen molar-refractivity contribution in [1.29, 1.82) is 0 Å². The van der Waals surface area contributed by atoms with Gasteiger partial charge in [0.2, 0.25) is 0 Å². The number of esters is 1. The van der Waals surface area contributed by atoms with Crippen molar-refractivity contribution < 1.29 is 9.53 Å². The predicted octanol–water partition coefficient (Wildman–Crippen LogP) is 3.13. The number of hydrogen-bond acceptors (Lipinski definition) is 3. The van der Waals surface area contributed by atoms with Crippen molar-refractivity contribution in [2.45, 2.75) is 39.5 Å². The van der Waals surface area contributed by atoms with Crippen LogP contribution in [0, 0.1) is 0 Å². The van der Waals surface area contributed by atoms with Gasteiger partial charge in [-0.3, -0.25) is 4.79 Å². The van der Waals surface area contributed by atoms with Crippen LogP contribution < -0.4 is 4.90 Å². The van der Waals surface area contributed by atoms with Gasteiger partial charge in [-0.15, -0.1) is 0 Å². The largest absolute Gasteiger partial charge is 0.466 e. The molecule has 0 bridgehead atoms. The molecule has 0 heterocycles. The second kappa shape index (κ2) is 6.09. The van der Waals surface area contributed by atoms with Gasteiger partial charge in [-0.1, -0.05) is 6.07 Å². The highest BCUT2D eigenvalue weighted by molar-refractivity contribution is 5.80. The molecule has 0 aromatic heterocycles. The zero-order valence-electron chi connectivity index (χ0n) is 12.1. The van der Waals surface area contributed by atoms with Crippen LogP contribution in [-0.4, -0.2) is 25.7 Å². The summed E-state index contributed by atoms with van der Waals surface area (Å²) in [5.74, 6) is -0.127. The maximum Gasteiger partial charge on any atom is 0.313 e. The molecule has 1 aromatic carbocycles. The van der Waals surface area contributed by atoms with Gasteiger partial charge in [0.05, 0.1) is 12.5 Å². The van der Waals surface area contributed by atoms with Crippen LogP contribution >= 0.6 is 0 Å². The number of anilines is 1. The van der Waals surface area contributed by atoms with E-state index in [2.05, 4.69) is 36.9 Å². The zero-order chi connectivity index (χ0) is 13.8. The molecule has 0 fully saturated rings. The van der Waals surface area contributed by atoms with E-state index in [1.165, 1.54) is 11.3 Å². The SMILES string of the molecule is CCOC(=O)C1CCc2cc(N(CC)CC)ccc21. The molecule has 3 heteroatoms. The van der Waals surface area contributed by atoms with E-state index < -0.39 is 0 Å². The second-order valence-corrected chi connectivity index (χ2v) is 4.90. The van der Waals surface area contributed by atoms with Gasteiger partial charge in [0.1, 0.15) is 0 Å². The van der Waals surface area contributed by atoms with E-state index in [9.17, 15) is 4.79 Å². The minimum Gasteiger partial charge on any atom is -0.466 e. The highest BCUT2D eigenvalue weighted by atomic mass is 16.5. The Hall–Kier alpha value is -1.51. The lowest BCUT2D eigenvalue weighted by molar-refractivity contribution is -0.144. The number of carbonyl (C=O) groups is 1.